The maximum atomic E-state index is 12.3. The van der Waals surface area contributed by atoms with Crippen LogP contribution in [0, 0.1) is 0 Å². The topological polar surface area (TPSA) is 38.8 Å². The Morgan fingerprint density at radius 3 is 2.68 bits per heavy atom. The van der Waals surface area contributed by atoms with E-state index in [-0.39, 0.29) is 5.91 Å². The number of carbonyl (C=O) groups is 1. The standard InChI is InChI=1S/C20H22BrNO3/c1-4-25-18-10-8-16(13-19(18)24-3)14-22(2)20(23)11-9-15-6-5-7-17(21)12-15/h5-13H,4,14H2,1-3H3/b11-9+. The van der Waals surface area contributed by atoms with Gasteiger partial charge in [0.15, 0.2) is 11.5 Å². The summed E-state index contributed by atoms with van der Waals surface area (Å²) in [7, 11) is 3.38. The van der Waals surface area contributed by atoms with Gasteiger partial charge in [-0.3, -0.25) is 4.79 Å². The molecule has 0 saturated heterocycles. The van der Waals surface area contributed by atoms with Crippen molar-refractivity contribution in [3.63, 3.8) is 0 Å². The van der Waals surface area contributed by atoms with Gasteiger partial charge in [0.05, 0.1) is 13.7 Å². The molecule has 0 radical (unpaired) electrons. The van der Waals surface area contributed by atoms with E-state index < -0.39 is 0 Å². The number of nitrogens with zero attached hydrogens (tertiary/aromatic N) is 1. The van der Waals surface area contributed by atoms with Crippen LogP contribution in [-0.2, 0) is 11.3 Å². The maximum Gasteiger partial charge on any atom is 0.246 e. The van der Waals surface area contributed by atoms with Crippen molar-refractivity contribution in [2.45, 2.75) is 13.5 Å². The summed E-state index contributed by atoms with van der Waals surface area (Å²) in [6.07, 6.45) is 3.38. The van der Waals surface area contributed by atoms with Gasteiger partial charge in [0.1, 0.15) is 0 Å². The molecule has 0 aliphatic rings. The molecule has 2 aromatic carbocycles. The highest BCUT2D eigenvalue weighted by atomic mass is 79.9. The van der Waals surface area contributed by atoms with Gasteiger partial charge in [-0.05, 0) is 48.4 Å². The molecule has 5 heteroatoms. The van der Waals surface area contributed by atoms with Crippen LogP contribution in [0.3, 0.4) is 0 Å². The molecule has 0 bridgehead atoms. The highest BCUT2D eigenvalue weighted by molar-refractivity contribution is 9.10. The van der Waals surface area contributed by atoms with Gasteiger partial charge in [-0.1, -0.05) is 34.1 Å². The summed E-state index contributed by atoms with van der Waals surface area (Å²) in [5.74, 6) is 1.31. The van der Waals surface area contributed by atoms with Crippen molar-refractivity contribution in [2.24, 2.45) is 0 Å². The Hall–Kier alpha value is -2.27. The number of carbonyl (C=O) groups excluding carboxylic acids is 1. The fraction of sp³-hybridized carbons (Fsp3) is 0.250. The van der Waals surface area contributed by atoms with E-state index in [1.165, 1.54) is 0 Å². The SMILES string of the molecule is CCOc1ccc(CN(C)C(=O)/C=C/c2cccc(Br)c2)cc1OC. The molecule has 2 rings (SSSR count). The van der Waals surface area contributed by atoms with E-state index in [0.717, 1.165) is 15.6 Å². The third-order valence-corrected chi connectivity index (χ3v) is 4.08. The molecule has 0 heterocycles. The maximum absolute atomic E-state index is 12.3. The Balaban J connectivity index is 2.03. The lowest BCUT2D eigenvalue weighted by Crippen LogP contribution is -2.24. The number of benzene rings is 2. The van der Waals surface area contributed by atoms with Crippen molar-refractivity contribution in [2.75, 3.05) is 20.8 Å². The summed E-state index contributed by atoms with van der Waals surface area (Å²) < 4.78 is 11.8. The highest BCUT2D eigenvalue weighted by Crippen LogP contribution is 2.28. The second-order valence-corrected chi connectivity index (χ2v) is 6.42. The van der Waals surface area contributed by atoms with E-state index in [9.17, 15) is 4.79 Å². The molecular weight excluding hydrogens is 382 g/mol. The van der Waals surface area contributed by atoms with Crippen molar-refractivity contribution >= 4 is 27.9 Å². The fourth-order valence-corrected chi connectivity index (χ4v) is 2.76. The average Bonchev–Trinajstić information content (AvgIpc) is 2.61. The third-order valence-electron chi connectivity index (χ3n) is 3.59. The van der Waals surface area contributed by atoms with Crippen LogP contribution in [0.5, 0.6) is 11.5 Å². The fourth-order valence-electron chi connectivity index (χ4n) is 2.34. The monoisotopic (exact) mass is 403 g/mol. The van der Waals surface area contributed by atoms with Gasteiger partial charge in [-0.2, -0.15) is 0 Å². The van der Waals surface area contributed by atoms with Gasteiger partial charge in [0.25, 0.3) is 0 Å². The lowest BCUT2D eigenvalue weighted by molar-refractivity contribution is -0.125. The molecule has 1 amide bonds. The number of hydrogen-bond donors (Lipinski definition) is 0. The van der Waals surface area contributed by atoms with Crippen LogP contribution in [0.25, 0.3) is 6.08 Å². The third kappa shape index (κ3) is 5.64. The number of halogens is 1. The van der Waals surface area contributed by atoms with Crippen LogP contribution < -0.4 is 9.47 Å². The van der Waals surface area contributed by atoms with E-state index in [0.29, 0.717) is 24.7 Å². The van der Waals surface area contributed by atoms with E-state index >= 15 is 0 Å². The van der Waals surface area contributed by atoms with Crippen molar-refractivity contribution in [1.29, 1.82) is 0 Å². The minimum Gasteiger partial charge on any atom is -0.493 e. The summed E-state index contributed by atoms with van der Waals surface area (Å²) in [6.45, 7) is 3.00. The van der Waals surface area contributed by atoms with Crippen LogP contribution >= 0.6 is 15.9 Å². The zero-order valence-electron chi connectivity index (χ0n) is 14.7. The smallest absolute Gasteiger partial charge is 0.246 e. The predicted octanol–water partition coefficient (Wildman–Crippen LogP) is 4.53. The van der Waals surface area contributed by atoms with Crippen LogP contribution in [0.4, 0.5) is 0 Å². The van der Waals surface area contributed by atoms with E-state index in [1.807, 2.05) is 55.5 Å². The molecule has 0 atom stereocenters. The van der Waals surface area contributed by atoms with Crippen molar-refractivity contribution in [1.82, 2.24) is 4.90 Å². The van der Waals surface area contributed by atoms with Crippen molar-refractivity contribution in [3.05, 3.63) is 64.1 Å². The highest BCUT2D eigenvalue weighted by Gasteiger charge is 2.09. The molecular formula is C20H22BrNO3. The number of rotatable bonds is 7. The molecule has 0 saturated carbocycles. The number of ether oxygens (including phenoxy) is 2. The summed E-state index contributed by atoms with van der Waals surface area (Å²) in [6, 6.07) is 13.5. The van der Waals surface area contributed by atoms with E-state index in [2.05, 4.69) is 15.9 Å². The normalized spacial score (nSPS) is 10.7. The number of hydrogen-bond acceptors (Lipinski definition) is 3. The first kappa shape index (κ1) is 19.1. The van der Waals surface area contributed by atoms with Crippen molar-refractivity contribution in [3.8, 4) is 11.5 Å². The van der Waals surface area contributed by atoms with Gasteiger partial charge < -0.3 is 14.4 Å². The molecule has 0 N–H and O–H groups in total. The van der Waals surface area contributed by atoms with E-state index in [1.54, 1.807) is 25.1 Å². The minimum atomic E-state index is -0.0622. The Morgan fingerprint density at radius 2 is 2.00 bits per heavy atom. The number of likely N-dealkylation sites (N-methyl/N-ethyl adjacent to an activating group) is 1. The largest absolute Gasteiger partial charge is 0.493 e. The molecule has 0 aliphatic carbocycles. The van der Waals surface area contributed by atoms with Crippen molar-refractivity contribution < 1.29 is 14.3 Å². The molecule has 4 nitrogen and oxygen atoms in total. The lowest BCUT2D eigenvalue weighted by Gasteiger charge is -2.17. The van der Waals surface area contributed by atoms with Gasteiger partial charge in [-0.25, -0.2) is 0 Å². The zero-order chi connectivity index (χ0) is 18.2. The molecule has 132 valence electrons. The number of amides is 1. The first-order chi connectivity index (χ1) is 12.0. The first-order valence-corrected chi connectivity index (χ1v) is 8.81. The van der Waals surface area contributed by atoms with E-state index in [4.69, 9.17) is 9.47 Å². The predicted molar refractivity (Wildman–Crippen MR) is 104 cm³/mol. The van der Waals surface area contributed by atoms with Gasteiger partial charge in [-0.15, -0.1) is 0 Å². The van der Waals surface area contributed by atoms with Crippen LogP contribution in [0.15, 0.2) is 53.0 Å². The van der Waals surface area contributed by atoms with Gasteiger partial charge in [0.2, 0.25) is 5.91 Å². The molecule has 0 aliphatic heterocycles. The Bertz CT molecular complexity index is 758. The number of methoxy groups -OCH3 is 1. The molecule has 2 aromatic rings. The molecule has 0 unspecified atom stereocenters. The second kappa shape index (κ2) is 9.28. The molecule has 25 heavy (non-hydrogen) atoms. The van der Waals surface area contributed by atoms with Gasteiger partial charge in [0, 0.05) is 24.1 Å². The molecule has 0 spiro atoms. The minimum absolute atomic E-state index is 0.0622. The average molecular weight is 404 g/mol. The van der Waals surface area contributed by atoms with Crippen LogP contribution in [0.1, 0.15) is 18.1 Å². The summed E-state index contributed by atoms with van der Waals surface area (Å²) in [5.41, 5.74) is 1.95. The molecule has 0 fully saturated rings. The summed E-state index contributed by atoms with van der Waals surface area (Å²) >= 11 is 3.42. The summed E-state index contributed by atoms with van der Waals surface area (Å²) in [5, 5.41) is 0. The Morgan fingerprint density at radius 1 is 1.20 bits per heavy atom. The van der Waals surface area contributed by atoms with Gasteiger partial charge >= 0.3 is 0 Å². The first-order valence-electron chi connectivity index (χ1n) is 8.02. The second-order valence-electron chi connectivity index (χ2n) is 5.50. The Kier molecular flexibility index (Phi) is 7.07. The van der Waals surface area contributed by atoms with Crippen LogP contribution in [-0.4, -0.2) is 31.6 Å². The quantitative estimate of drug-likeness (QED) is 0.637. The van der Waals surface area contributed by atoms with Crippen LogP contribution in [0.2, 0.25) is 0 Å². The molecule has 0 aromatic heterocycles. The lowest BCUT2D eigenvalue weighted by atomic mass is 10.2. The summed E-state index contributed by atoms with van der Waals surface area (Å²) in [4.78, 5) is 14.0. The zero-order valence-corrected chi connectivity index (χ0v) is 16.2. The Labute approximate surface area is 157 Å².